The van der Waals surface area contributed by atoms with Gasteiger partial charge in [-0.05, 0) is 26.0 Å². The summed E-state index contributed by atoms with van der Waals surface area (Å²) in [5.74, 6) is -0.514. The summed E-state index contributed by atoms with van der Waals surface area (Å²) in [4.78, 5) is 0. The van der Waals surface area contributed by atoms with E-state index in [1.165, 1.54) is 12.1 Å². The zero-order valence-corrected chi connectivity index (χ0v) is 10.0. The largest absolute Gasteiger partial charge is 0.387 e. The van der Waals surface area contributed by atoms with E-state index >= 15 is 0 Å². The zero-order chi connectivity index (χ0) is 11.6. The molecule has 0 aromatic heterocycles. The van der Waals surface area contributed by atoms with Crippen LogP contribution in [0.5, 0.6) is 0 Å². The van der Waals surface area contributed by atoms with Crippen molar-refractivity contribution in [2.24, 2.45) is 5.41 Å². The van der Waals surface area contributed by atoms with Gasteiger partial charge in [0.25, 0.3) is 0 Å². The third-order valence-electron chi connectivity index (χ3n) is 2.23. The minimum absolute atomic E-state index is 0.143. The molecule has 0 saturated heterocycles. The van der Waals surface area contributed by atoms with E-state index in [0.29, 0.717) is 4.47 Å². The van der Waals surface area contributed by atoms with Gasteiger partial charge in [0.2, 0.25) is 0 Å². The highest BCUT2D eigenvalue weighted by atomic mass is 79.9. The van der Waals surface area contributed by atoms with Crippen LogP contribution in [0.1, 0.15) is 25.5 Å². The molecule has 2 nitrogen and oxygen atoms in total. The fourth-order valence-electron chi connectivity index (χ4n) is 1.17. The Kier molecular flexibility index (Phi) is 3.48. The fraction of sp³-hybridized carbons (Fsp3) is 0.364. The molecule has 15 heavy (non-hydrogen) atoms. The van der Waals surface area contributed by atoms with Crippen LogP contribution >= 0.6 is 15.9 Å². The van der Waals surface area contributed by atoms with Gasteiger partial charge in [-0.3, -0.25) is 0 Å². The van der Waals surface area contributed by atoms with Gasteiger partial charge in [0.1, 0.15) is 5.82 Å². The van der Waals surface area contributed by atoms with Gasteiger partial charge in [0, 0.05) is 10.0 Å². The molecule has 0 heterocycles. The molecule has 1 N–H and O–H groups in total. The van der Waals surface area contributed by atoms with E-state index in [1.54, 1.807) is 19.9 Å². The summed E-state index contributed by atoms with van der Waals surface area (Å²) in [7, 11) is 0. The van der Waals surface area contributed by atoms with Crippen molar-refractivity contribution in [3.8, 4) is 6.07 Å². The molecule has 1 atom stereocenters. The van der Waals surface area contributed by atoms with Crippen molar-refractivity contribution in [2.45, 2.75) is 20.0 Å². The first-order valence-electron chi connectivity index (χ1n) is 4.43. The summed E-state index contributed by atoms with van der Waals surface area (Å²) in [5.41, 5.74) is -0.862. The van der Waals surface area contributed by atoms with Gasteiger partial charge in [-0.15, -0.1) is 0 Å². The summed E-state index contributed by atoms with van der Waals surface area (Å²) in [6, 6.07) is 6.33. The Morgan fingerprint density at radius 3 is 2.60 bits per heavy atom. The Morgan fingerprint density at radius 1 is 1.53 bits per heavy atom. The number of aliphatic hydroxyl groups is 1. The van der Waals surface area contributed by atoms with Crippen LogP contribution < -0.4 is 0 Å². The molecule has 0 spiro atoms. The average Bonchev–Trinajstić information content (AvgIpc) is 2.17. The zero-order valence-electron chi connectivity index (χ0n) is 8.46. The van der Waals surface area contributed by atoms with E-state index in [-0.39, 0.29) is 5.56 Å². The molecule has 0 aliphatic rings. The van der Waals surface area contributed by atoms with Crippen molar-refractivity contribution < 1.29 is 9.50 Å². The van der Waals surface area contributed by atoms with Crippen LogP contribution in [-0.4, -0.2) is 5.11 Å². The highest BCUT2D eigenvalue weighted by molar-refractivity contribution is 9.10. The summed E-state index contributed by atoms with van der Waals surface area (Å²) in [6.07, 6.45) is -1.13. The monoisotopic (exact) mass is 271 g/mol. The molecule has 4 heteroatoms. The minimum Gasteiger partial charge on any atom is -0.387 e. The third-order valence-corrected chi connectivity index (χ3v) is 2.72. The molecule has 0 amide bonds. The van der Waals surface area contributed by atoms with E-state index in [2.05, 4.69) is 15.9 Å². The number of rotatable bonds is 2. The summed E-state index contributed by atoms with van der Waals surface area (Å²) in [5, 5.41) is 18.7. The number of hydrogen-bond donors (Lipinski definition) is 1. The Morgan fingerprint density at radius 2 is 2.13 bits per heavy atom. The van der Waals surface area contributed by atoms with Gasteiger partial charge >= 0.3 is 0 Å². The SMILES string of the molecule is CC(C)(C#N)C(O)c1ccc(Br)cc1F. The van der Waals surface area contributed by atoms with Crippen LogP contribution in [0.4, 0.5) is 4.39 Å². The molecule has 0 saturated carbocycles. The first-order chi connectivity index (χ1) is 6.88. The van der Waals surface area contributed by atoms with E-state index in [4.69, 9.17) is 5.26 Å². The first-order valence-corrected chi connectivity index (χ1v) is 5.22. The lowest BCUT2D eigenvalue weighted by molar-refractivity contribution is 0.0832. The molecule has 0 aliphatic carbocycles. The maximum absolute atomic E-state index is 13.5. The minimum atomic E-state index is -1.13. The molecule has 80 valence electrons. The molecular weight excluding hydrogens is 261 g/mol. The number of nitriles is 1. The van der Waals surface area contributed by atoms with Crippen LogP contribution in [0, 0.1) is 22.6 Å². The number of nitrogens with zero attached hydrogens (tertiary/aromatic N) is 1. The first kappa shape index (κ1) is 12.2. The van der Waals surface area contributed by atoms with Crippen LogP contribution in [0.2, 0.25) is 0 Å². The molecule has 1 aromatic carbocycles. The molecule has 1 aromatic rings. The van der Waals surface area contributed by atoms with Gasteiger partial charge in [0.05, 0.1) is 17.6 Å². The van der Waals surface area contributed by atoms with E-state index < -0.39 is 17.3 Å². The lowest BCUT2D eigenvalue weighted by Crippen LogP contribution is -2.20. The van der Waals surface area contributed by atoms with Crippen LogP contribution in [0.3, 0.4) is 0 Å². The van der Waals surface area contributed by atoms with Crippen molar-refractivity contribution in [3.05, 3.63) is 34.1 Å². The third kappa shape index (κ3) is 2.55. The summed E-state index contributed by atoms with van der Waals surface area (Å²) < 4.78 is 14.1. The van der Waals surface area contributed by atoms with E-state index in [9.17, 15) is 9.50 Å². The second-order valence-electron chi connectivity index (χ2n) is 3.90. The molecule has 0 fully saturated rings. The number of benzene rings is 1. The highest BCUT2D eigenvalue weighted by Crippen LogP contribution is 2.34. The van der Waals surface area contributed by atoms with Gasteiger partial charge in [-0.2, -0.15) is 5.26 Å². The van der Waals surface area contributed by atoms with Crippen molar-refractivity contribution in [1.29, 1.82) is 5.26 Å². The fourth-order valence-corrected chi connectivity index (χ4v) is 1.51. The number of aliphatic hydroxyl groups excluding tert-OH is 1. The molecule has 1 unspecified atom stereocenters. The Balaban J connectivity index is 3.13. The van der Waals surface area contributed by atoms with Crippen LogP contribution in [0.25, 0.3) is 0 Å². The second kappa shape index (κ2) is 4.30. The highest BCUT2D eigenvalue weighted by Gasteiger charge is 2.30. The standard InChI is InChI=1S/C11H11BrFNO/c1-11(2,6-14)10(15)8-4-3-7(12)5-9(8)13/h3-5,10,15H,1-2H3. The Bertz CT molecular complexity index is 412. The van der Waals surface area contributed by atoms with Gasteiger partial charge in [0.15, 0.2) is 0 Å². The van der Waals surface area contributed by atoms with Crippen molar-refractivity contribution in [3.63, 3.8) is 0 Å². The van der Waals surface area contributed by atoms with Crippen molar-refractivity contribution in [1.82, 2.24) is 0 Å². The predicted octanol–water partition coefficient (Wildman–Crippen LogP) is 3.17. The molecule has 1 rings (SSSR count). The Labute approximate surface area is 96.5 Å². The smallest absolute Gasteiger partial charge is 0.130 e. The Hall–Kier alpha value is -0.920. The second-order valence-corrected chi connectivity index (χ2v) is 4.82. The van der Waals surface area contributed by atoms with E-state index in [1.807, 2.05) is 6.07 Å². The molecular formula is C11H11BrFNO. The van der Waals surface area contributed by atoms with Crippen LogP contribution in [0.15, 0.2) is 22.7 Å². The summed E-state index contributed by atoms with van der Waals surface area (Å²) >= 11 is 3.13. The van der Waals surface area contributed by atoms with Crippen molar-refractivity contribution in [2.75, 3.05) is 0 Å². The quantitative estimate of drug-likeness (QED) is 0.898. The normalized spacial score (nSPS) is 13.3. The lowest BCUT2D eigenvalue weighted by atomic mass is 9.84. The predicted molar refractivity (Wildman–Crippen MR) is 58.5 cm³/mol. The van der Waals surface area contributed by atoms with E-state index in [0.717, 1.165) is 0 Å². The molecule has 0 radical (unpaired) electrons. The summed E-state index contributed by atoms with van der Waals surface area (Å²) in [6.45, 7) is 3.14. The van der Waals surface area contributed by atoms with Crippen molar-refractivity contribution >= 4 is 15.9 Å². The van der Waals surface area contributed by atoms with Gasteiger partial charge in [-0.1, -0.05) is 22.0 Å². The van der Waals surface area contributed by atoms with Gasteiger partial charge < -0.3 is 5.11 Å². The van der Waals surface area contributed by atoms with Gasteiger partial charge in [-0.25, -0.2) is 4.39 Å². The maximum Gasteiger partial charge on any atom is 0.130 e. The average molecular weight is 272 g/mol. The lowest BCUT2D eigenvalue weighted by Gasteiger charge is -2.23. The topological polar surface area (TPSA) is 44.0 Å². The maximum atomic E-state index is 13.5. The number of hydrogen-bond acceptors (Lipinski definition) is 2. The van der Waals surface area contributed by atoms with Crippen LogP contribution in [-0.2, 0) is 0 Å². The molecule has 0 bridgehead atoms. The number of halogens is 2. The molecule has 0 aliphatic heterocycles.